The number of halogens is 1. The topological polar surface area (TPSA) is 51.9 Å². The third-order valence-corrected chi connectivity index (χ3v) is 3.27. The van der Waals surface area contributed by atoms with E-state index in [0.717, 1.165) is 10.9 Å². The monoisotopic (exact) mass is 288 g/mol. The summed E-state index contributed by atoms with van der Waals surface area (Å²) in [6.45, 7) is 0.235. The molecule has 1 N–H and O–H groups in total. The lowest BCUT2D eigenvalue weighted by Gasteiger charge is -2.06. The number of carbonyl (C=O) groups is 1. The molecule has 0 bridgehead atoms. The van der Waals surface area contributed by atoms with E-state index in [1.165, 1.54) is 0 Å². The average molecular weight is 289 g/mol. The number of fused-ring (bicyclic) bond motifs is 1. The molecule has 0 aliphatic rings. The molecule has 2 heterocycles. The number of aromatic nitrogens is 3. The fourth-order valence-corrected chi connectivity index (χ4v) is 2.30. The van der Waals surface area contributed by atoms with Crippen LogP contribution in [0.2, 0.25) is 5.02 Å². The number of anilines is 1. The molecule has 102 valence electrons. The largest absolute Gasteiger partial charge is 0.338 e. The Morgan fingerprint density at radius 2 is 2.25 bits per heavy atom. The first-order valence-electron chi connectivity index (χ1n) is 6.15. The molecule has 0 saturated heterocycles. The van der Waals surface area contributed by atoms with Crippen LogP contribution in [0, 0.1) is 0 Å². The Balaban J connectivity index is 1.79. The van der Waals surface area contributed by atoms with Gasteiger partial charge in [-0.25, -0.2) is 0 Å². The van der Waals surface area contributed by atoms with Gasteiger partial charge in [0.15, 0.2) is 0 Å². The first-order valence-corrected chi connectivity index (χ1v) is 6.52. The number of aryl methyl sites for hydroxylation is 1. The number of nitrogens with one attached hydrogen (secondary N) is 1. The Hall–Kier alpha value is -2.27. The van der Waals surface area contributed by atoms with E-state index in [4.69, 9.17) is 11.6 Å². The Morgan fingerprint density at radius 3 is 3.00 bits per heavy atom. The number of carbonyl (C=O) groups excluding carboxylic acids is 1. The van der Waals surface area contributed by atoms with Gasteiger partial charge in [-0.1, -0.05) is 17.7 Å². The van der Waals surface area contributed by atoms with Crippen molar-refractivity contribution in [3.05, 3.63) is 47.9 Å². The van der Waals surface area contributed by atoms with Crippen LogP contribution in [-0.2, 0) is 18.4 Å². The molecule has 0 atom stereocenters. The zero-order valence-electron chi connectivity index (χ0n) is 10.9. The van der Waals surface area contributed by atoms with Gasteiger partial charge in [-0.2, -0.15) is 5.10 Å². The van der Waals surface area contributed by atoms with Crippen molar-refractivity contribution in [2.45, 2.75) is 6.54 Å². The maximum Gasteiger partial charge on any atom is 0.244 e. The van der Waals surface area contributed by atoms with Gasteiger partial charge in [0.25, 0.3) is 0 Å². The number of rotatable bonds is 3. The minimum absolute atomic E-state index is 0.101. The quantitative estimate of drug-likeness (QED) is 0.805. The standard InChI is InChI=1S/C14H13ClN4O/c1-18-8-12(7-16-18)17-14(20)9-19-5-4-10-2-3-11(15)6-13(10)19/h2-8H,9H2,1H3,(H,17,20). The van der Waals surface area contributed by atoms with Crippen molar-refractivity contribution in [2.24, 2.45) is 7.05 Å². The van der Waals surface area contributed by atoms with E-state index in [9.17, 15) is 4.79 Å². The minimum atomic E-state index is -0.101. The number of nitrogens with zero attached hydrogens (tertiary/aromatic N) is 3. The van der Waals surface area contributed by atoms with Gasteiger partial charge >= 0.3 is 0 Å². The van der Waals surface area contributed by atoms with E-state index in [-0.39, 0.29) is 12.5 Å². The van der Waals surface area contributed by atoms with E-state index in [1.807, 2.05) is 35.0 Å². The molecule has 5 nitrogen and oxygen atoms in total. The maximum atomic E-state index is 12.0. The normalized spacial score (nSPS) is 10.9. The lowest BCUT2D eigenvalue weighted by molar-refractivity contribution is -0.116. The van der Waals surface area contributed by atoms with Crippen LogP contribution in [0.4, 0.5) is 5.69 Å². The SMILES string of the molecule is Cn1cc(NC(=O)Cn2ccc3ccc(Cl)cc32)cn1. The zero-order valence-corrected chi connectivity index (χ0v) is 11.6. The summed E-state index contributed by atoms with van der Waals surface area (Å²) in [6, 6.07) is 7.59. The summed E-state index contributed by atoms with van der Waals surface area (Å²) in [5.41, 5.74) is 1.63. The first-order chi connectivity index (χ1) is 9.61. The Kier molecular flexibility index (Phi) is 3.20. The summed E-state index contributed by atoms with van der Waals surface area (Å²) >= 11 is 5.99. The van der Waals surface area contributed by atoms with Crippen molar-refractivity contribution in [3.63, 3.8) is 0 Å². The highest BCUT2D eigenvalue weighted by atomic mass is 35.5. The van der Waals surface area contributed by atoms with E-state index in [0.29, 0.717) is 10.7 Å². The first kappa shape index (κ1) is 12.7. The molecule has 3 aromatic rings. The van der Waals surface area contributed by atoms with Crippen molar-refractivity contribution < 1.29 is 4.79 Å². The lowest BCUT2D eigenvalue weighted by Crippen LogP contribution is -2.17. The van der Waals surface area contributed by atoms with E-state index in [1.54, 1.807) is 24.1 Å². The van der Waals surface area contributed by atoms with Crippen LogP contribution in [0.3, 0.4) is 0 Å². The summed E-state index contributed by atoms with van der Waals surface area (Å²) in [5, 5.41) is 8.53. The van der Waals surface area contributed by atoms with Crippen LogP contribution in [0.25, 0.3) is 10.9 Å². The van der Waals surface area contributed by atoms with E-state index >= 15 is 0 Å². The van der Waals surface area contributed by atoms with Crippen LogP contribution in [0.15, 0.2) is 42.9 Å². The van der Waals surface area contributed by atoms with E-state index < -0.39 is 0 Å². The van der Waals surface area contributed by atoms with Crippen molar-refractivity contribution in [2.75, 3.05) is 5.32 Å². The van der Waals surface area contributed by atoms with Gasteiger partial charge < -0.3 is 9.88 Å². The molecular weight excluding hydrogens is 276 g/mol. The summed E-state index contributed by atoms with van der Waals surface area (Å²) in [5.74, 6) is -0.101. The second-order valence-electron chi connectivity index (χ2n) is 4.60. The van der Waals surface area contributed by atoms with Gasteiger partial charge in [0.05, 0.1) is 11.9 Å². The third-order valence-electron chi connectivity index (χ3n) is 3.04. The molecule has 0 unspecified atom stereocenters. The predicted molar refractivity (Wildman–Crippen MR) is 78.8 cm³/mol. The molecule has 0 aliphatic heterocycles. The summed E-state index contributed by atoms with van der Waals surface area (Å²) in [6.07, 6.45) is 5.24. The van der Waals surface area contributed by atoms with Crippen LogP contribution >= 0.6 is 11.6 Å². The smallest absolute Gasteiger partial charge is 0.244 e. The highest BCUT2D eigenvalue weighted by Gasteiger charge is 2.08. The van der Waals surface area contributed by atoms with Crippen LogP contribution in [-0.4, -0.2) is 20.3 Å². The van der Waals surface area contributed by atoms with Crippen molar-refractivity contribution in [3.8, 4) is 0 Å². The van der Waals surface area contributed by atoms with Crippen molar-refractivity contribution in [1.82, 2.24) is 14.3 Å². The molecule has 1 amide bonds. The number of hydrogen-bond acceptors (Lipinski definition) is 2. The molecule has 6 heteroatoms. The summed E-state index contributed by atoms with van der Waals surface area (Å²) in [4.78, 5) is 12.0. The highest BCUT2D eigenvalue weighted by molar-refractivity contribution is 6.31. The number of benzene rings is 1. The highest BCUT2D eigenvalue weighted by Crippen LogP contribution is 2.20. The molecule has 0 spiro atoms. The fraction of sp³-hybridized carbons (Fsp3) is 0.143. The third kappa shape index (κ3) is 2.53. The number of amides is 1. The average Bonchev–Trinajstić information content (AvgIpc) is 2.97. The Morgan fingerprint density at radius 1 is 1.40 bits per heavy atom. The predicted octanol–water partition coefficient (Wildman–Crippen LogP) is 2.67. The van der Waals surface area contributed by atoms with Crippen LogP contribution in [0.1, 0.15) is 0 Å². The summed E-state index contributed by atoms with van der Waals surface area (Å²) < 4.78 is 3.51. The van der Waals surface area contributed by atoms with Crippen molar-refractivity contribution >= 4 is 34.1 Å². The lowest BCUT2D eigenvalue weighted by atomic mass is 10.2. The molecule has 0 aliphatic carbocycles. The molecular formula is C14H13ClN4O. The Bertz CT molecular complexity index is 774. The second kappa shape index (κ2) is 5.02. The fourth-order valence-electron chi connectivity index (χ4n) is 2.14. The van der Waals surface area contributed by atoms with Gasteiger partial charge in [-0.15, -0.1) is 0 Å². The minimum Gasteiger partial charge on any atom is -0.338 e. The molecule has 2 aromatic heterocycles. The van der Waals surface area contributed by atoms with Gasteiger partial charge in [0.1, 0.15) is 6.54 Å². The molecule has 0 saturated carbocycles. The molecule has 1 aromatic carbocycles. The van der Waals surface area contributed by atoms with Crippen LogP contribution < -0.4 is 5.32 Å². The molecule has 0 fully saturated rings. The molecule has 20 heavy (non-hydrogen) atoms. The maximum absolute atomic E-state index is 12.0. The van der Waals surface area contributed by atoms with E-state index in [2.05, 4.69) is 10.4 Å². The number of hydrogen-bond donors (Lipinski definition) is 1. The molecule has 0 radical (unpaired) electrons. The van der Waals surface area contributed by atoms with Gasteiger partial charge in [0, 0.05) is 30.0 Å². The Labute approximate surface area is 120 Å². The van der Waals surface area contributed by atoms with Gasteiger partial charge in [-0.05, 0) is 23.6 Å². The molecule has 3 rings (SSSR count). The van der Waals surface area contributed by atoms with Crippen molar-refractivity contribution in [1.29, 1.82) is 0 Å². The second-order valence-corrected chi connectivity index (χ2v) is 5.03. The summed E-state index contributed by atoms with van der Waals surface area (Å²) in [7, 11) is 1.80. The van der Waals surface area contributed by atoms with Gasteiger partial charge in [-0.3, -0.25) is 9.48 Å². The van der Waals surface area contributed by atoms with Crippen LogP contribution in [0.5, 0.6) is 0 Å². The van der Waals surface area contributed by atoms with Gasteiger partial charge in [0.2, 0.25) is 5.91 Å². The zero-order chi connectivity index (χ0) is 14.1.